The molecule has 2 aromatic carbocycles. The van der Waals surface area contributed by atoms with Crippen LogP contribution in [-0.4, -0.2) is 66.7 Å². The van der Waals surface area contributed by atoms with Crippen molar-refractivity contribution >= 4 is 61.2 Å². The van der Waals surface area contributed by atoms with E-state index in [0.717, 1.165) is 59.7 Å². The smallest absolute Gasteiger partial charge is 0.229 e. The zero-order chi connectivity index (χ0) is 25.9. The van der Waals surface area contributed by atoms with E-state index in [1.54, 1.807) is 6.20 Å². The minimum absolute atomic E-state index is 0.161. The molecule has 0 radical (unpaired) electrons. The second kappa shape index (κ2) is 11.1. The van der Waals surface area contributed by atoms with Crippen LogP contribution in [-0.2, 0) is 17.8 Å². The van der Waals surface area contributed by atoms with E-state index in [4.69, 9.17) is 5.10 Å². The Morgan fingerprint density at radius 2 is 1.89 bits per heavy atom. The van der Waals surface area contributed by atoms with Gasteiger partial charge in [0.05, 0.1) is 15.7 Å². The monoisotopic (exact) mass is 584 g/mol. The van der Waals surface area contributed by atoms with Crippen molar-refractivity contribution in [2.75, 3.05) is 48.9 Å². The summed E-state index contributed by atoms with van der Waals surface area (Å²) in [6, 6.07) is 13.6. The lowest BCUT2D eigenvalue weighted by Gasteiger charge is -2.33. The Bertz CT molecular complexity index is 1440. The fourth-order valence-corrected chi connectivity index (χ4v) is 4.80. The summed E-state index contributed by atoms with van der Waals surface area (Å²) in [7, 11) is 2.14. The van der Waals surface area contributed by atoms with Crippen molar-refractivity contribution < 1.29 is 8.76 Å². The third-order valence-electron chi connectivity index (χ3n) is 6.25. The first-order valence-corrected chi connectivity index (χ1v) is 13.6. The van der Waals surface area contributed by atoms with Crippen molar-refractivity contribution in [1.29, 1.82) is 0 Å². The Hall–Kier alpha value is -3.10. The van der Waals surface area contributed by atoms with Gasteiger partial charge in [0.2, 0.25) is 5.95 Å². The van der Waals surface area contributed by atoms with E-state index >= 15 is 0 Å². The number of nitrogens with zero attached hydrogens (tertiary/aromatic N) is 6. The number of hydrogen-bond donors (Lipinski definition) is 3. The highest BCUT2D eigenvalue weighted by molar-refractivity contribution is 9.10. The number of piperazine rings is 1. The first-order valence-electron chi connectivity index (χ1n) is 11.8. The number of likely N-dealkylation sites (N-methyl/N-ethyl adjacent to an activating group) is 1. The van der Waals surface area contributed by atoms with Crippen LogP contribution >= 0.6 is 15.9 Å². The van der Waals surface area contributed by atoms with E-state index < -0.39 is 11.3 Å². The summed E-state index contributed by atoms with van der Waals surface area (Å²) >= 11 is 1.15. The summed E-state index contributed by atoms with van der Waals surface area (Å²) in [6.45, 7) is 6.07. The number of fused-ring (bicyclic) bond motifs is 1. The molecule has 1 saturated heterocycles. The molecule has 194 valence electrons. The Morgan fingerprint density at radius 3 is 2.68 bits per heavy atom. The van der Waals surface area contributed by atoms with Gasteiger partial charge < -0.3 is 20.1 Å². The number of aromatic nitrogens is 4. The number of rotatable bonds is 8. The number of anilines is 4. The molecule has 1 aliphatic rings. The van der Waals surface area contributed by atoms with E-state index in [-0.39, 0.29) is 6.54 Å². The van der Waals surface area contributed by atoms with Gasteiger partial charge in [-0.25, -0.2) is 9.71 Å². The molecule has 2 aromatic heterocycles. The van der Waals surface area contributed by atoms with E-state index in [9.17, 15) is 8.76 Å². The van der Waals surface area contributed by atoms with Gasteiger partial charge in [0, 0.05) is 66.9 Å². The molecule has 0 amide bonds. The summed E-state index contributed by atoms with van der Waals surface area (Å²) in [5, 5.41) is 14.7. The Kier molecular flexibility index (Phi) is 7.67. The quantitative estimate of drug-likeness (QED) is 0.268. The van der Waals surface area contributed by atoms with Crippen LogP contribution < -0.4 is 20.4 Å². The van der Waals surface area contributed by atoms with Gasteiger partial charge in [-0.05, 0) is 59.7 Å². The average molecular weight is 586 g/mol. The molecule has 3 N–H and O–H groups in total. The molecule has 5 rings (SSSR count). The van der Waals surface area contributed by atoms with Crippen LogP contribution in [0, 0.1) is 6.92 Å². The topological polar surface area (TPSA) is 126 Å². The predicted octanol–water partition coefficient (Wildman–Crippen LogP) is 3.15. The number of aryl methyl sites for hydroxylation is 1. The van der Waals surface area contributed by atoms with E-state index in [2.05, 4.69) is 70.3 Å². The maximum atomic E-state index is 10.9. The fourth-order valence-electron chi connectivity index (χ4n) is 4.23. The first kappa shape index (κ1) is 25.5. The Labute approximate surface area is 225 Å². The predicted molar refractivity (Wildman–Crippen MR) is 148 cm³/mol. The van der Waals surface area contributed by atoms with Crippen molar-refractivity contribution in [3.05, 3.63) is 64.4 Å². The molecule has 1 fully saturated rings. The number of halogens is 1. The molecular weight excluding hydrogens is 558 g/mol. The molecular formula is C24H27BrN9O2S-. The van der Waals surface area contributed by atoms with Crippen LogP contribution in [0.2, 0.25) is 0 Å². The standard InChI is InChI=1S/C24H28BrN9O2S/c1-16-19-13-18(7-8-22(19)34(31-16)33-11-9-32(2)10-12-33)28-24-26-15-20(25)23(30-24)29-21-6-4-3-5-17(21)14-27-37(35)36/h3-8,13,15,27H,9-12,14H2,1-2H3,(H,35,36)(H2,26,28,29,30)/p-1. The number of nitrogens with one attached hydrogen (secondary N) is 3. The van der Waals surface area contributed by atoms with Crippen LogP contribution in [0.1, 0.15) is 11.3 Å². The number of para-hydroxylation sites is 1. The van der Waals surface area contributed by atoms with Crippen LogP contribution in [0.4, 0.5) is 23.1 Å². The second-order valence-electron chi connectivity index (χ2n) is 8.82. The maximum Gasteiger partial charge on any atom is 0.229 e. The lowest BCUT2D eigenvalue weighted by Crippen LogP contribution is -2.50. The number of hydrogen-bond acceptors (Lipinski definition) is 9. The summed E-state index contributed by atoms with van der Waals surface area (Å²) in [6.07, 6.45) is 1.67. The zero-order valence-corrected chi connectivity index (χ0v) is 22.8. The van der Waals surface area contributed by atoms with E-state index in [0.29, 0.717) is 16.2 Å². The molecule has 3 heterocycles. The third-order valence-corrected chi connectivity index (χ3v) is 7.21. The maximum absolute atomic E-state index is 10.9. The van der Waals surface area contributed by atoms with E-state index in [1.165, 1.54) is 0 Å². The van der Waals surface area contributed by atoms with Gasteiger partial charge in [0.1, 0.15) is 5.82 Å². The molecule has 0 saturated carbocycles. The summed E-state index contributed by atoms with van der Waals surface area (Å²) in [4.78, 5) is 13.4. The molecule has 0 aliphatic carbocycles. The van der Waals surface area contributed by atoms with Crippen molar-refractivity contribution in [2.24, 2.45) is 0 Å². The molecule has 1 atom stereocenters. The fraction of sp³-hybridized carbons (Fsp3) is 0.292. The summed E-state index contributed by atoms with van der Waals surface area (Å²) in [5.74, 6) is 0.971. The molecule has 11 nitrogen and oxygen atoms in total. The van der Waals surface area contributed by atoms with Gasteiger partial charge in [0.15, 0.2) is 0 Å². The van der Waals surface area contributed by atoms with Crippen molar-refractivity contribution in [1.82, 2.24) is 29.5 Å². The van der Waals surface area contributed by atoms with Gasteiger partial charge in [-0.3, -0.25) is 9.22 Å². The molecule has 13 heteroatoms. The Balaban J connectivity index is 1.36. The lowest BCUT2D eigenvalue weighted by molar-refractivity contribution is 0.283. The van der Waals surface area contributed by atoms with Gasteiger partial charge in [-0.1, -0.05) is 18.2 Å². The highest BCUT2D eigenvalue weighted by Gasteiger charge is 2.18. The van der Waals surface area contributed by atoms with Gasteiger partial charge in [0.25, 0.3) is 0 Å². The highest BCUT2D eigenvalue weighted by Crippen LogP contribution is 2.28. The average Bonchev–Trinajstić information content (AvgIpc) is 3.21. The van der Waals surface area contributed by atoms with Gasteiger partial charge in [-0.15, -0.1) is 0 Å². The zero-order valence-electron chi connectivity index (χ0n) is 20.4. The van der Waals surface area contributed by atoms with E-state index in [1.807, 2.05) is 42.0 Å². The van der Waals surface area contributed by atoms with Crippen molar-refractivity contribution in [3.63, 3.8) is 0 Å². The lowest BCUT2D eigenvalue weighted by atomic mass is 10.2. The van der Waals surface area contributed by atoms with Crippen LogP contribution in [0.15, 0.2) is 53.1 Å². The van der Waals surface area contributed by atoms with Crippen molar-refractivity contribution in [2.45, 2.75) is 13.5 Å². The second-order valence-corrected chi connectivity index (χ2v) is 10.4. The number of benzene rings is 2. The molecule has 1 aliphatic heterocycles. The third kappa shape index (κ3) is 5.91. The molecule has 37 heavy (non-hydrogen) atoms. The Morgan fingerprint density at radius 1 is 1.11 bits per heavy atom. The minimum atomic E-state index is -2.35. The normalized spacial score (nSPS) is 15.2. The van der Waals surface area contributed by atoms with Crippen LogP contribution in [0.25, 0.3) is 10.9 Å². The van der Waals surface area contributed by atoms with Crippen molar-refractivity contribution in [3.8, 4) is 0 Å². The molecule has 0 spiro atoms. The highest BCUT2D eigenvalue weighted by atomic mass is 79.9. The SMILES string of the molecule is Cc1nn(N2CCN(C)CC2)c2ccc(Nc3ncc(Br)c(Nc4ccccc4CNS(=O)[O-])n3)cc12. The molecule has 0 bridgehead atoms. The largest absolute Gasteiger partial charge is 0.760 e. The van der Waals surface area contributed by atoms with Crippen LogP contribution in [0.5, 0.6) is 0 Å². The summed E-state index contributed by atoms with van der Waals surface area (Å²) in [5.41, 5.74) is 4.39. The molecule has 1 unspecified atom stereocenters. The first-order chi connectivity index (χ1) is 17.9. The van der Waals surface area contributed by atoms with Crippen LogP contribution in [0.3, 0.4) is 0 Å². The summed E-state index contributed by atoms with van der Waals surface area (Å²) < 4.78 is 24.9. The van der Waals surface area contributed by atoms with Gasteiger partial charge >= 0.3 is 0 Å². The minimum Gasteiger partial charge on any atom is -0.760 e. The van der Waals surface area contributed by atoms with Gasteiger partial charge in [-0.2, -0.15) is 14.9 Å². The molecule has 4 aromatic rings.